The zero-order chi connectivity index (χ0) is 12.1. The summed E-state index contributed by atoms with van der Waals surface area (Å²) in [6, 6.07) is 2.91. The summed E-state index contributed by atoms with van der Waals surface area (Å²) in [5.74, 6) is -0.807. The topological polar surface area (TPSA) is 46.5 Å². The van der Waals surface area contributed by atoms with Gasteiger partial charge in [0.25, 0.3) is 0 Å². The maximum atomic E-state index is 13.5. The van der Waals surface area contributed by atoms with Crippen LogP contribution in [0.3, 0.4) is 0 Å². The Morgan fingerprint density at radius 2 is 2.25 bits per heavy atom. The third kappa shape index (κ3) is 3.48. The average Bonchev–Trinajstić information content (AvgIpc) is 2.22. The molecule has 0 saturated carbocycles. The summed E-state index contributed by atoms with van der Waals surface area (Å²) in [6.07, 6.45) is 0.870. The van der Waals surface area contributed by atoms with Crippen molar-refractivity contribution in [1.29, 1.82) is 0 Å². The molecule has 0 aliphatic heterocycles. The van der Waals surface area contributed by atoms with Crippen LogP contribution in [0.15, 0.2) is 16.6 Å². The van der Waals surface area contributed by atoms with E-state index in [0.29, 0.717) is 28.6 Å². The molecule has 0 radical (unpaired) electrons. The Labute approximate surface area is 101 Å². The molecule has 0 unspecified atom stereocenters. The summed E-state index contributed by atoms with van der Waals surface area (Å²) in [4.78, 5) is 10.3. The molecule has 0 aliphatic rings. The van der Waals surface area contributed by atoms with Crippen LogP contribution in [0.1, 0.15) is 18.4 Å². The fraction of sp³-hybridized carbons (Fsp3) is 0.364. The quantitative estimate of drug-likeness (QED) is 0.907. The molecule has 16 heavy (non-hydrogen) atoms. The number of aliphatic carboxylic acids is 1. The molecule has 0 atom stereocenters. The monoisotopic (exact) mass is 290 g/mol. The number of carbonyl (C=O) groups is 1. The molecule has 1 N–H and O–H groups in total. The maximum Gasteiger partial charge on any atom is 0.303 e. The van der Waals surface area contributed by atoms with Gasteiger partial charge in [0.1, 0.15) is 11.6 Å². The lowest BCUT2D eigenvalue weighted by Gasteiger charge is -2.07. The van der Waals surface area contributed by atoms with Gasteiger partial charge in [0.05, 0.1) is 11.6 Å². The van der Waals surface area contributed by atoms with Crippen molar-refractivity contribution in [2.45, 2.75) is 19.3 Å². The number of hydrogen-bond donors (Lipinski definition) is 1. The SMILES string of the molecule is COc1cc(F)c(CCCC(=O)O)cc1Br. The second-order valence-corrected chi connectivity index (χ2v) is 4.18. The predicted octanol–water partition coefficient (Wildman–Crippen LogP) is 3.00. The zero-order valence-electron chi connectivity index (χ0n) is 8.80. The van der Waals surface area contributed by atoms with Crippen LogP contribution in [0.5, 0.6) is 5.75 Å². The van der Waals surface area contributed by atoms with Crippen LogP contribution >= 0.6 is 15.9 Å². The lowest BCUT2D eigenvalue weighted by molar-refractivity contribution is -0.137. The van der Waals surface area contributed by atoms with E-state index in [1.165, 1.54) is 13.2 Å². The normalized spacial score (nSPS) is 10.2. The van der Waals surface area contributed by atoms with Gasteiger partial charge in [-0.3, -0.25) is 4.79 Å². The molecule has 88 valence electrons. The number of carboxylic acids is 1. The minimum Gasteiger partial charge on any atom is -0.495 e. The van der Waals surface area contributed by atoms with Crippen molar-refractivity contribution in [2.75, 3.05) is 7.11 Å². The smallest absolute Gasteiger partial charge is 0.303 e. The van der Waals surface area contributed by atoms with E-state index in [0.717, 1.165) is 0 Å². The number of benzene rings is 1. The molecule has 0 heterocycles. The van der Waals surface area contributed by atoms with E-state index in [1.807, 2.05) is 0 Å². The molecule has 0 saturated heterocycles. The van der Waals surface area contributed by atoms with Crippen LogP contribution in [-0.2, 0) is 11.2 Å². The highest BCUT2D eigenvalue weighted by molar-refractivity contribution is 9.10. The van der Waals surface area contributed by atoms with Gasteiger partial charge in [-0.25, -0.2) is 4.39 Å². The highest BCUT2D eigenvalue weighted by Crippen LogP contribution is 2.28. The summed E-state index contributed by atoms with van der Waals surface area (Å²) >= 11 is 3.25. The third-order valence-corrected chi connectivity index (χ3v) is 2.78. The van der Waals surface area contributed by atoms with Gasteiger partial charge in [0, 0.05) is 12.5 Å². The highest BCUT2D eigenvalue weighted by atomic mass is 79.9. The van der Waals surface area contributed by atoms with Crippen LogP contribution in [0.2, 0.25) is 0 Å². The van der Waals surface area contributed by atoms with Gasteiger partial charge in [-0.2, -0.15) is 0 Å². The van der Waals surface area contributed by atoms with E-state index < -0.39 is 5.97 Å². The highest BCUT2D eigenvalue weighted by Gasteiger charge is 2.09. The van der Waals surface area contributed by atoms with Crippen LogP contribution in [0.25, 0.3) is 0 Å². The van der Waals surface area contributed by atoms with Crippen LogP contribution in [0.4, 0.5) is 4.39 Å². The van der Waals surface area contributed by atoms with Crippen LogP contribution < -0.4 is 4.74 Å². The summed E-state index contributed by atoms with van der Waals surface area (Å²) in [5.41, 5.74) is 0.494. The molecular weight excluding hydrogens is 279 g/mol. The number of hydrogen-bond acceptors (Lipinski definition) is 2. The van der Waals surface area contributed by atoms with E-state index >= 15 is 0 Å². The van der Waals surface area contributed by atoms with Crippen molar-refractivity contribution < 1.29 is 19.0 Å². The standard InChI is InChI=1S/C11H12BrFO3/c1-16-10-6-9(13)7(5-8(10)12)3-2-4-11(14)15/h5-6H,2-4H2,1H3,(H,14,15). The molecular formula is C11H12BrFO3. The summed E-state index contributed by atoms with van der Waals surface area (Å²) in [7, 11) is 1.46. The van der Waals surface area contributed by atoms with Crippen LogP contribution in [-0.4, -0.2) is 18.2 Å². The zero-order valence-corrected chi connectivity index (χ0v) is 10.4. The maximum absolute atomic E-state index is 13.5. The molecule has 0 amide bonds. The number of halogens is 2. The molecule has 1 rings (SSSR count). The van der Waals surface area contributed by atoms with Gasteiger partial charge in [0.2, 0.25) is 0 Å². The summed E-state index contributed by atoms with van der Waals surface area (Å²) in [6.45, 7) is 0. The summed E-state index contributed by atoms with van der Waals surface area (Å²) < 4.78 is 19.1. The number of ether oxygens (including phenoxy) is 1. The first-order valence-electron chi connectivity index (χ1n) is 4.78. The molecule has 0 aliphatic carbocycles. The first-order chi connectivity index (χ1) is 7.54. The molecule has 0 bridgehead atoms. The number of carboxylic acid groups (broad SMARTS) is 1. The lowest BCUT2D eigenvalue weighted by Crippen LogP contribution is -1.98. The Balaban J connectivity index is 2.73. The van der Waals surface area contributed by atoms with Crippen molar-refractivity contribution in [2.24, 2.45) is 0 Å². The summed E-state index contributed by atoms with van der Waals surface area (Å²) in [5, 5.41) is 8.47. The van der Waals surface area contributed by atoms with Gasteiger partial charge in [-0.1, -0.05) is 0 Å². The van der Waals surface area contributed by atoms with Crippen molar-refractivity contribution in [1.82, 2.24) is 0 Å². The van der Waals surface area contributed by atoms with E-state index in [9.17, 15) is 9.18 Å². The van der Waals surface area contributed by atoms with Crippen molar-refractivity contribution in [3.8, 4) is 5.75 Å². The van der Waals surface area contributed by atoms with Gasteiger partial charge in [0.15, 0.2) is 0 Å². The second-order valence-electron chi connectivity index (χ2n) is 3.33. The Morgan fingerprint density at radius 3 is 2.81 bits per heavy atom. The Morgan fingerprint density at radius 1 is 1.56 bits per heavy atom. The van der Waals surface area contributed by atoms with E-state index in [-0.39, 0.29) is 12.2 Å². The first-order valence-corrected chi connectivity index (χ1v) is 5.57. The molecule has 0 spiro atoms. The van der Waals surface area contributed by atoms with Gasteiger partial charge in [-0.15, -0.1) is 0 Å². The van der Waals surface area contributed by atoms with Crippen molar-refractivity contribution in [3.63, 3.8) is 0 Å². The minimum atomic E-state index is -0.868. The Bertz CT molecular complexity index is 393. The molecule has 1 aromatic rings. The van der Waals surface area contributed by atoms with Crippen molar-refractivity contribution >= 4 is 21.9 Å². The molecule has 0 fully saturated rings. The largest absolute Gasteiger partial charge is 0.495 e. The van der Waals surface area contributed by atoms with E-state index in [1.54, 1.807) is 6.07 Å². The average molecular weight is 291 g/mol. The number of rotatable bonds is 5. The van der Waals surface area contributed by atoms with Gasteiger partial charge in [-0.05, 0) is 40.4 Å². The number of aryl methyl sites for hydroxylation is 1. The van der Waals surface area contributed by atoms with E-state index in [2.05, 4.69) is 15.9 Å². The van der Waals surface area contributed by atoms with Crippen molar-refractivity contribution in [3.05, 3.63) is 28.0 Å². The fourth-order valence-electron chi connectivity index (χ4n) is 1.35. The molecule has 5 heteroatoms. The molecule has 3 nitrogen and oxygen atoms in total. The third-order valence-electron chi connectivity index (χ3n) is 2.16. The first kappa shape index (κ1) is 13.0. The predicted molar refractivity (Wildman–Crippen MR) is 61.2 cm³/mol. The van der Waals surface area contributed by atoms with Gasteiger partial charge >= 0.3 is 5.97 Å². The number of methoxy groups -OCH3 is 1. The van der Waals surface area contributed by atoms with Gasteiger partial charge < -0.3 is 9.84 Å². The molecule has 1 aromatic carbocycles. The Hall–Kier alpha value is -1.10. The van der Waals surface area contributed by atoms with Crippen LogP contribution in [0, 0.1) is 5.82 Å². The van der Waals surface area contributed by atoms with E-state index in [4.69, 9.17) is 9.84 Å². The second kappa shape index (κ2) is 5.84. The lowest BCUT2D eigenvalue weighted by atomic mass is 10.1. The fourth-order valence-corrected chi connectivity index (χ4v) is 1.90. The molecule has 0 aromatic heterocycles. The minimum absolute atomic E-state index is 0.0447. The Kier molecular flexibility index (Phi) is 4.73.